The average molecular weight is 181 g/mol. The zero-order chi connectivity index (χ0) is 8.85. The van der Waals surface area contributed by atoms with Crippen molar-refractivity contribution in [3.05, 3.63) is 0 Å². The minimum atomic E-state index is -2.73. The SMILES string of the molecule is O=C(O)[C@H](CCO)N=S(=O)=O. The molecule has 6 nitrogen and oxygen atoms in total. The van der Waals surface area contributed by atoms with Crippen LogP contribution in [0.25, 0.3) is 0 Å². The maximum Gasteiger partial charge on any atom is 0.329 e. The van der Waals surface area contributed by atoms with Gasteiger partial charge in [0.1, 0.15) is 0 Å². The first-order valence-electron chi connectivity index (χ1n) is 2.71. The highest BCUT2D eigenvalue weighted by molar-refractivity contribution is 7.61. The third kappa shape index (κ3) is 4.45. The molecule has 0 heterocycles. The Balaban J connectivity index is 4.35. The molecule has 0 aromatic carbocycles. The van der Waals surface area contributed by atoms with Crippen molar-refractivity contribution in [1.29, 1.82) is 0 Å². The summed E-state index contributed by atoms with van der Waals surface area (Å²) in [5.41, 5.74) is 0. The van der Waals surface area contributed by atoms with Crippen molar-refractivity contribution < 1.29 is 23.4 Å². The van der Waals surface area contributed by atoms with Crippen LogP contribution in [-0.4, -0.2) is 37.2 Å². The Bertz CT molecular complexity index is 248. The molecule has 0 saturated heterocycles. The van der Waals surface area contributed by atoms with E-state index in [1.165, 1.54) is 0 Å². The van der Waals surface area contributed by atoms with E-state index in [9.17, 15) is 13.2 Å². The predicted octanol–water partition coefficient (Wildman–Crippen LogP) is -1.12. The van der Waals surface area contributed by atoms with Gasteiger partial charge < -0.3 is 10.2 Å². The van der Waals surface area contributed by atoms with Crippen molar-refractivity contribution in [2.75, 3.05) is 6.61 Å². The van der Waals surface area contributed by atoms with Crippen molar-refractivity contribution in [2.24, 2.45) is 4.36 Å². The van der Waals surface area contributed by atoms with E-state index in [1.54, 1.807) is 0 Å². The van der Waals surface area contributed by atoms with Gasteiger partial charge in [-0.15, -0.1) is 0 Å². The fraction of sp³-hybridized carbons (Fsp3) is 0.750. The number of hydrogen-bond acceptors (Lipinski definition) is 5. The number of hydrogen-bond donors (Lipinski definition) is 2. The second-order valence-corrected chi connectivity index (χ2v) is 2.33. The fourth-order valence-electron chi connectivity index (χ4n) is 0.447. The van der Waals surface area contributed by atoms with Gasteiger partial charge >= 0.3 is 16.5 Å². The highest BCUT2D eigenvalue weighted by atomic mass is 32.2. The Morgan fingerprint density at radius 1 is 1.55 bits per heavy atom. The summed E-state index contributed by atoms with van der Waals surface area (Å²) in [5, 5.41) is 16.5. The molecule has 0 rings (SSSR count). The summed E-state index contributed by atoms with van der Waals surface area (Å²) >= 11 is 0. The lowest BCUT2D eigenvalue weighted by Gasteiger charge is -1.99. The maximum atomic E-state index is 10.1. The Morgan fingerprint density at radius 3 is 2.36 bits per heavy atom. The van der Waals surface area contributed by atoms with Crippen molar-refractivity contribution >= 4 is 16.5 Å². The predicted molar refractivity (Wildman–Crippen MR) is 34.5 cm³/mol. The molecule has 0 aromatic heterocycles. The van der Waals surface area contributed by atoms with Crippen LogP contribution in [0.2, 0.25) is 0 Å². The molecule has 0 fully saturated rings. The quantitative estimate of drug-likeness (QED) is 0.572. The van der Waals surface area contributed by atoms with Crippen LogP contribution < -0.4 is 0 Å². The number of carboxylic acid groups (broad SMARTS) is 1. The van der Waals surface area contributed by atoms with Crippen LogP contribution in [0.3, 0.4) is 0 Å². The van der Waals surface area contributed by atoms with Crippen LogP contribution in [0.1, 0.15) is 6.42 Å². The van der Waals surface area contributed by atoms with E-state index in [0.717, 1.165) is 0 Å². The average Bonchev–Trinajstić information content (AvgIpc) is 1.86. The molecular weight excluding hydrogens is 174 g/mol. The van der Waals surface area contributed by atoms with Gasteiger partial charge in [0.15, 0.2) is 6.04 Å². The minimum absolute atomic E-state index is 0.191. The van der Waals surface area contributed by atoms with E-state index in [-0.39, 0.29) is 6.42 Å². The maximum absolute atomic E-state index is 10.1. The van der Waals surface area contributed by atoms with Gasteiger partial charge in [-0.05, 0) is 0 Å². The van der Waals surface area contributed by atoms with Crippen molar-refractivity contribution in [3.8, 4) is 0 Å². The van der Waals surface area contributed by atoms with E-state index in [1.807, 2.05) is 0 Å². The smallest absolute Gasteiger partial charge is 0.329 e. The van der Waals surface area contributed by atoms with Crippen molar-refractivity contribution in [2.45, 2.75) is 12.5 Å². The third-order valence-corrected chi connectivity index (χ3v) is 1.33. The van der Waals surface area contributed by atoms with Crippen molar-refractivity contribution in [1.82, 2.24) is 0 Å². The third-order valence-electron chi connectivity index (χ3n) is 0.901. The van der Waals surface area contributed by atoms with Crippen LogP contribution in [0.5, 0.6) is 0 Å². The molecule has 0 bridgehead atoms. The number of carbonyl (C=O) groups is 1. The molecular formula is C4H7NO5S. The molecule has 7 heteroatoms. The largest absolute Gasteiger partial charge is 0.480 e. The van der Waals surface area contributed by atoms with Gasteiger partial charge in [-0.1, -0.05) is 0 Å². The molecule has 0 unspecified atom stereocenters. The normalized spacial score (nSPS) is 12.1. The molecule has 11 heavy (non-hydrogen) atoms. The number of aliphatic carboxylic acids is 1. The molecule has 1 atom stereocenters. The number of carboxylic acids is 1. The Morgan fingerprint density at radius 2 is 2.09 bits per heavy atom. The molecule has 2 N–H and O–H groups in total. The molecule has 0 aliphatic carbocycles. The molecule has 0 saturated carbocycles. The summed E-state index contributed by atoms with van der Waals surface area (Å²) < 4.78 is 22.6. The van der Waals surface area contributed by atoms with Gasteiger partial charge in [-0.3, -0.25) is 0 Å². The number of aliphatic hydroxyl groups excluding tert-OH is 1. The highest BCUT2D eigenvalue weighted by Gasteiger charge is 2.15. The molecule has 0 amide bonds. The molecule has 64 valence electrons. The summed E-state index contributed by atoms with van der Waals surface area (Å²) in [4.78, 5) is 10.1. The number of nitrogens with zero attached hydrogens (tertiary/aromatic N) is 1. The second kappa shape index (κ2) is 4.80. The topological polar surface area (TPSA) is 104 Å². The fourth-order valence-corrected chi connectivity index (χ4v) is 0.851. The van der Waals surface area contributed by atoms with E-state index in [4.69, 9.17) is 10.2 Å². The summed E-state index contributed by atoms with van der Waals surface area (Å²) in [5.74, 6) is -1.36. The van der Waals surface area contributed by atoms with Crippen molar-refractivity contribution in [3.63, 3.8) is 0 Å². The molecule has 0 radical (unpaired) electrons. The summed E-state index contributed by atoms with van der Waals surface area (Å²) in [6.07, 6.45) is -0.191. The van der Waals surface area contributed by atoms with E-state index >= 15 is 0 Å². The molecule has 0 aromatic rings. The van der Waals surface area contributed by atoms with Crippen LogP contribution in [0.4, 0.5) is 0 Å². The minimum Gasteiger partial charge on any atom is -0.480 e. The summed E-state index contributed by atoms with van der Waals surface area (Å²) in [6, 6.07) is -1.36. The number of rotatable bonds is 4. The van der Waals surface area contributed by atoms with Crippen LogP contribution in [0, 0.1) is 0 Å². The standard InChI is InChI=1S/C4H7NO5S/c6-2-1-3(4(7)8)5-11(9)10/h3,6H,1-2H2,(H,7,8)/t3-/m0/s1. The Hall–Kier alpha value is -0.950. The Kier molecular flexibility index (Phi) is 4.39. The van der Waals surface area contributed by atoms with E-state index in [2.05, 4.69) is 4.36 Å². The van der Waals surface area contributed by atoms with Gasteiger partial charge in [-0.2, -0.15) is 12.8 Å². The van der Waals surface area contributed by atoms with Gasteiger partial charge in [0, 0.05) is 13.0 Å². The number of aliphatic hydroxyl groups is 1. The van der Waals surface area contributed by atoms with Gasteiger partial charge in [0.05, 0.1) is 0 Å². The lowest BCUT2D eigenvalue weighted by atomic mass is 10.2. The van der Waals surface area contributed by atoms with Crippen LogP contribution in [0.15, 0.2) is 4.36 Å². The zero-order valence-corrected chi connectivity index (χ0v) is 6.28. The molecule has 0 spiro atoms. The summed E-state index contributed by atoms with van der Waals surface area (Å²) in [6.45, 7) is -0.405. The summed E-state index contributed by atoms with van der Waals surface area (Å²) in [7, 11) is -2.73. The first-order chi connectivity index (χ1) is 5.07. The van der Waals surface area contributed by atoms with E-state index in [0.29, 0.717) is 0 Å². The zero-order valence-electron chi connectivity index (χ0n) is 5.47. The Labute approximate surface area is 64.2 Å². The van der Waals surface area contributed by atoms with Crippen LogP contribution in [-0.2, 0) is 15.3 Å². The first kappa shape index (κ1) is 10.0. The van der Waals surface area contributed by atoms with Crippen LogP contribution >= 0.6 is 0 Å². The first-order valence-corrected chi connectivity index (χ1v) is 3.75. The lowest BCUT2D eigenvalue weighted by molar-refractivity contribution is -0.138. The second-order valence-electron chi connectivity index (χ2n) is 1.69. The van der Waals surface area contributed by atoms with Gasteiger partial charge in [0.25, 0.3) is 0 Å². The molecule has 0 aliphatic heterocycles. The van der Waals surface area contributed by atoms with E-state index < -0.39 is 29.1 Å². The van der Waals surface area contributed by atoms with Gasteiger partial charge in [0.2, 0.25) is 0 Å². The van der Waals surface area contributed by atoms with Gasteiger partial charge in [-0.25, -0.2) is 4.79 Å². The molecule has 0 aliphatic rings. The monoisotopic (exact) mass is 181 g/mol. The highest BCUT2D eigenvalue weighted by Crippen LogP contribution is 1.96. The lowest BCUT2D eigenvalue weighted by Crippen LogP contribution is -2.18.